The number of rotatable bonds is 5. The van der Waals surface area contributed by atoms with Crippen molar-refractivity contribution in [3.63, 3.8) is 0 Å². The standard InChI is InChI=1S/C16H17F2N3/c1-10-2-4-11(5-3-10)9-19-14-8-13(15(17)18)20-16(21-14)12-6-7-12/h2-5,8,12,15H,6-7,9H2,1H3,(H,19,20,21). The molecule has 1 N–H and O–H groups in total. The lowest BCUT2D eigenvalue weighted by molar-refractivity contribution is 0.145. The van der Waals surface area contributed by atoms with E-state index in [-0.39, 0.29) is 11.6 Å². The van der Waals surface area contributed by atoms with Crippen LogP contribution < -0.4 is 5.32 Å². The molecule has 0 atom stereocenters. The summed E-state index contributed by atoms with van der Waals surface area (Å²) in [5, 5.41) is 3.11. The Morgan fingerprint density at radius 2 is 1.90 bits per heavy atom. The molecule has 0 amide bonds. The van der Waals surface area contributed by atoms with E-state index in [1.54, 1.807) is 0 Å². The first-order valence-electron chi connectivity index (χ1n) is 7.08. The van der Waals surface area contributed by atoms with Crippen molar-refractivity contribution in [1.29, 1.82) is 0 Å². The van der Waals surface area contributed by atoms with Crippen LogP contribution in [0.3, 0.4) is 0 Å². The van der Waals surface area contributed by atoms with E-state index in [1.807, 2.05) is 31.2 Å². The number of anilines is 1. The van der Waals surface area contributed by atoms with Crippen molar-refractivity contribution in [2.75, 3.05) is 5.32 Å². The SMILES string of the molecule is Cc1ccc(CNc2cc(C(F)F)nc(C3CC3)n2)cc1. The summed E-state index contributed by atoms with van der Waals surface area (Å²) in [6.07, 6.45) is -0.584. The number of nitrogens with one attached hydrogen (secondary N) is 1. The van der Waals surface area contributed by atoms with E-state index in [0.717, 1.165) is 18.4 Å². The second kappa shape index (κ2) is 5.76. The summed E-state index contributed by atoms with van der Waals surface area (Å²) in [4.78, 5) is 8.32. The van der Waals surface area contributed by atoms with Crippen molar-refractivity contribution < 1.29 is 8.78 Å². The van der Waals surface area contributed by atoms with Crippen molar-refractivity contribution in [2.24, 2.45) is 0 Å². The number of hydrogen-bond donors (Lipinski definition) is 1. The van der Waals surface area contributed by atoms with Gasteiger partial charge in [0.15, 0.2) is 0 Å². The molecule has 0 aliphatic heterocycles. The number of halogens is 2. The first-order valence-corrected chi connectivity index (χ1v) is 7.08. The molecule has 1 saturated carbocycles. The normalized spacial score (nSPS) is 14.5. The fourth-order valence-electron chi connectivity index (χ4n) is 2.11. The molecule has 1 aromatic carbocycles. The van der Waals surface area contributed by atoms with Gasteiger partial charge in [0.25, 0.3) is 6.43 Å². The van der Waals surface area contributed by atoms with E-state index < -0.39 is 6.43 Å². The fourth-order valence-corrected chi connectivity index (χ4v) is 2.11. The van der Waals surface area contributed by atoms with Crippen LogP contribution in [-0.2, 0) is 6.54 Å². The van der Waals surface area contributed by atoms with E-state index in [4.69, 9.17) is 0 Å². The Morgan fingerprint density at radius 3 is 2.52 bits per heavy atom. The Morgan fingerprint density at radius 1 is 1.19 bits per heavy atom. The summed E-state index contributed by atoms with van der Waals surface area (Å²) in [5.74, 6) is 1.27. The highest BCUT2D eigenvalue weighted by Crippen LogP contribution is 2.39. The monoisotopic (exact) mass is 289 g/mol. The maximum absolute atomic E-state index is 12.9. The second-order valence-electron chi connectivity index (χ2n) is 5.45. The van der Waals surface area contributed by atoms with E-state index in [1.165, 1.54) is 11.6 Å². The van der Waals surface area contributed by atoms with Gasteiger partial charge in [-0.1, -0.05) is 29.8 Å². The van der Waals surface area contributed by atoms with Gasteiger partial charge in [-0.25, -0.2) is 18.7 Å². The first-order chi connectivity index (χ1) is 10.1. The summed E-state index contributed by atoms with van der Waals surface area (Å²) in [5.41, 5.74) is 2.08. The lowest BCUT2D eigenvalue weighted by atomic mass is 10.1. The van der Waals surface area contributed by atoms with Gasteiger partial charge in [0.1, 0.15) is 17.3 Å². The zero-order valence-corrected chi connectivity index (χ0v) is 11.8. The Labute approximate surface area is 122 Å². The minimum atomic E-state index is -2.56. The number of nitrogens with zero attached hydrogens (tertiary/aromatic N) is 2. The average Bonchev–Trinajstić information content (AvgIpc) is 3.31. The van der Waals surface area contributed by atoms with E-state index in [2.05, 4.69) is 15.3 Å². The van der Waals surface area contributed by atoms with Crippen LogP contribution in [0.1, 0.15) is 47.8 Å². The topological polar surface area (TPSA) is 37.8 Å². The minimum Gasteiger partial charge on any atom is -0.366 e. The molecule has 1 aliphatic carbocycles. The maximum Gasteiger partial charge on any atom is 0.280 e. The van der Waals surface area contributed by atoms with Crippen LogP contribution >= 0.6 is 0 Å². The number of benzene rings is 1. The van der Waals surface area contributed by atoms with Crippen molar-refractivity contribution in [3.05, 3.63) is 53.0 Å². The van der Waals surface area contributed by atoms with Gasteiger partial charge in [-0.05, 0) is 25.3 Å². The summed E-state index contributed by atoms with van der Waals surface area (Å²) in [7, 11) is 0. The molecule has 0 bridgehead atoms. The number of aryl methyl sites for hydroxylation is 1. The molecule has 2 aromatic rings. The zero-order chi connectivity index (χ0) is 14.8. The summed E-state index contributed by atoms with van der Waals surface area (Å²) in [6, 6.07) is 9.41. The highest BCUT2D eigenvalue weighted by atomic mass is 19.3. The lowest BCUT2D eigenvalue weighted by Gasteiger charge is -2.10. The number of hydrogen-bond acceptors (Lipinski definition) is 3. The molecular weight excluding hydrogens is 272 g/mol. The molecule has 1 aliphatic rings. The smallest absolute Gasteiger partial charge is 0.280 e. The van der Waals surface area contributed by atoms with Gasteiger partial charge >= 0.3 is 0 Å². The quantitative estimate of drug-likeness (QED) is 0.896. The number of alkyl halides is 2. The van der Waals surface area contributed by atoms with Crippen LogP contribution in [0, 0.1) is 6.92 Å². The van der Waals surface area contributed by atoms with Crippen molar-refractivity contribution in [2.45, 2.75) is 38.7 Å². The van der Waals surface area contributed by atoms with Gasteiger partial charge in [0.2, 0.25) is 0 Å². The van der Waals surface area contributed by atoms with Crippen molar-refractivity contribution in [1.82, 2.24) is 9.97 Å². The van der Waals surface area contributed by atoms with E-state index >= 15 is 0 Å². The van der Waals surface area contributed by atoms with E-state index in [0.29, 0.717) is 18.2 Å². The second-order valence-corrected chi connectivity index (χ2v) is 5.45. The summed E-state index contributed by atoms with van der Waals surface area (Å²) in [6.45, 7) is 2.59. The third kappa shape index (κ3) is 3.54. The third-order valence-electron chi connectivity index (χ3n) is 3.52. The van der Waals surface area contributed by atoms with Crippen LogP contribution in [0.5, 0.6) is 0 Å². The molecule has 21 heavy (non-hydrogen) atoms. The largest absolute Gasteiger partial charge is 0.366 e. The highest BCUT2D eigenvalue weighted by Gasteiger charge is 2.28. The summed E-state index contributed by atoms with van der Waals surface area (Å²) >= 11 is 0. The van der Waals surface area contributed by atoms with Gasteiger partial charge in [-0.2, -0.15) is 0 Å². The Bertz CT molecular complexity index is 602. The molecular formula is C16H17F2N3. The van der Waals surface area contributed by atoms with Gasteiger partial charge in [0, 0.05) is 18.5 Å². The van der Waals surface area contributed by atoms with E-state index in [9.17, 15) is 8.78 Å². The van der Waals surface area contributed by atoms with Crippen molar-refractivity contribution >= 4 is 5.82 Å². The Balaban J connectivity index is 1.76. The summed E-state index contributed by atoms with van der Waals surface area (Å²) < 4.78 is 25.8. The van der Waals surface area contributed by atoms with Crippen LogP contribution in [0.2, 0.25) is 0 Å². The number of aromatic nitrogens is 2. The molecule has 5 heteroatoms. The van der Waals surface area contributed by atoms with Gasteiger partial charge in [-0.3, -0.25) is 0 Å². The van der Waals surface area contributed by atoms with Crippen LogP contribution in [0.25, 0.3) is 0 Å². The fraction of sp³-hybridized carbons (Fsp3) is 0.375. The molecule has 110 valence electrons. The molecule has 1 aromatic heterocycles. The van der Waals surface area contributed by atoms with Gasteiger partial charge < -0.3 is 5.32 Å². The maximum atomic E-state index is 12.9. The molecule has 3 nitrogen and oxygen atoms in total. The minimum absolute atomic E-state index is 0.196. The molecule has 0 spiro atoms. The molecule has 0 unspecified atom stereocenters. The predicted molar refractivity (Wildman–Crippen MR) is 77.5 cm³/mol. The van der Waals surface area contributed by atoms with Crippen LogP contribution in [0.4, 0.5) is 14.6 Å². The van der Waals surface area contributed by atoms with Crippen LogP contribution in [0.15, 0.2) is 30.3 Å². The Hall–Kier alpha value is -2.04. The average molecular weight is 289 g/mol. The Kier molecular flexibility index (Phi) is 3.82. The third-order valence-corrected chi connectivity index (χ3v) is 3.52. The van der Waals surface area contributed by atoms with Gasteiger partial charge in [-0.15, -0.1) is 0 Å². The first kappa shape index (κ1) is 13.9. The molecule has 1 fully saturated rings. The molecule has 1 heterocycles. The molecule has 3 rings (SSSR count). The molecule has 0 saturated heterocycles. The van der Waals surface area contributed by atoms with Crippen molar-refractivity contribution in [3.8, 4) is 0 Å². The molecule has 0 radical (unpaired) electrons. The zero-order valence-electron chi connectivity index (χ0n) is 11.8. The predicted octanol–water partition coefficient (Wildman–Crippen LogP) is 4.21. The van der Waals surface area contributed by atoms with Gasteiger partial charge in [0.05, 0.1) is 0 Å². The highest BCUT2D eigenvalue weighted by molar-refractivity contribution is 5.38. The lowest BCUT2D eigenvalue weighted by Crippen LogP contribution is -2.06. The van der Waals surface area contributed by atoms with Crippen LogP contribution in [-0.4, -0.2) is 9.97 Å².